The summed E-state index contributed by atoms with van der Waals surface area (Å²) < 4.78 is 2.05. The molecule has 1 N–H and O–H groups in total. The Morgan fingerprint density at radius 1 is 1.17 bits per heavy atom. The van der Waals surface area contributed by atoms with Gasteiger partial charge < -0.3 is 9.88 Å². The van der Waals surface area contributed by atoms with Crippen LogP contribution in [0.25, 0.3) is 0 Å². The Labute approximate surface area is 109 Å². The first-order valence-corrected chi connectivity index (χ1v) is 6.30. The van der Waals surface area contributed by atoms with Crippen LogP contribution in [0.15, 0.2) is 24.5 Å². The molecule has 1 heterocycles. The Bertz CT molecular complexity index is 532. The van der Waals surface area contributed by atoms with Crippen LogP contribution in [0, 0.1) is 20.8 Å². The molecule has 0 amide bonds. The summed E-state index contributed by atoms with van der Waals surface area (Å²) >= 11 is 0. The standard InChI is InChI=1S/C15H21N3/c1-10-8-11(2)14(12(3)9-10)17-13(4)15-16-6-7-18(15)5/h6-9,13,17H,1-5H3. The maximum atomic E-state index is 4.39. The highest BCUT2D eigenvalue weighted by molar-refractivity contribution is 5.58. The third-order valence-electron chi connectivity index (χ3n) is 3.28. The SMILES string of the molecule is Cc1cc(C)c(NC(C)c2nccn2C)c(C)c1. The van der Waals surface area contributed by atoms with E-state index in [0.717, 1.165) is 5.82 Å². The van der Waals surface area contributed by atoms with Gasteiger partial charge in [0.05, 0.1) is 6.04 Å². The van der Waals surface area contributed by atoms with Crippen molar-refractivity contribution in [2.45, 2.75) is 33.7 Å². The Morgan fingerprint density at radius 2 is 1.78 bits per heavy atom. The van der Waals surface area contributed by atoms with Gasteiger partial charge >= 0.3 is 0 Å². The molecule has 0 saturated carbocycles. The molecular formula is C15H21N3. The van der Waals surface area contributed by atoms with E-state index in [1.54, 1.807) is 0 Å². The number of rotatable bonds is 3. The monoisotopic (exact) mass is 243 g/mol. The van der Waals surface area contributed by atoms with Crippen LogP contribution in [-0.2, 0) is 7.05 Å². The lowest BCUT2D eigenvalue weighted by atomic mass is 10.0. The normalized spacial score (nSPS) is 12.5. The minimum absolute atomic E-state index is 0.199. The summed E-state index contributed by atoms with van der Waals surface area (Å²) in [4.78, 5) is 4.39. The van der Waals surface area contributed by atoms with Crippen LogP contribution in [0.1, 0.15) is 35.5 Å². The molecule has 96 valence electrons. The lowest BCUT2D eigenvalue weighted by Gasteiger charge is -2.19. The lowest BCUT2D eigenvalue weighted by Crippen LogP contribution is -2.13. The topological polar surface area (TPSA) is 29.9 Å². The zero-order valence-electron chi connectivity index (χ0n) is 11.8. The number of imidazole rings is 1. The van der Waals surface area contributed by atoms with Gasteiger partial charge in [-0.15, -0.1) is 0 Å². The van der Waals surface area contributed by atoms with E-state index in [9.17, 15) is 0 Å². The summed E-state index contributed by atoms with van der Waals surface area (Å²) in [6.45, 7) is 8.56. The number of hydrogen-bond donors (Lipinski definition) is 1. The number of nitrogens with zero attached hydrogens (tertiary/aromatic N) is 2. The van der Waals surface area contributed by atoms with Crippen LogP contribution >= 0.6 is 0 Å². The number of nitrogens with one attached hydrogen (secondary N) is 1. The molecule has 1 unspecified atom stereocenters. The molecule has 0 spiro atoms. The molecule has 0 aliphatic heterocycles. The first-order chi connectivity index (χ1) is 8.49. The van der Waals surface area contributed by atoms with Crippen molar-refractivity contribution < 1.29 is 0 Å². The molecule has 3 nitrogen and oxygen atoms in total. The van der Waals surface area contributed by atoms with E-state index < -0.39 is 0 Å². The Hall–Kier alpha value is -1.77. The van der Waals surface area contributed by atoms with Gasteiger partial charge in [-0.1, -0.05) is 17.7 Å². The van der Waals surface area contributed by atoms with Crippen LogP contribution in [0.5, 0.6) is 0 Å². The maximum absolute atomic E-state index is 4.39. The molecule has 2 rings (SSSR count). The summed E-state index contributed by atoms with van der Waals surface area (Å²) in [5.41, 5.74) is 5.10. The molecule has 2 aromatic rings. The highest BCUT2D eigenvalue weighted by Crippen LogP contribution is 2.25. The van der Waals surface area contributed by atoms with Crippen molar-refractivity contribution in [3.63, 3.8) is 0 Å². The van der Waals surface area contributed by atoms with Crippen LogP contribution in [0.4, 0.5) is 5.69 Å². The quantitative estimate of drug-likeness (QED) is 0.894. The third kappa shape index (κ3) is 2.40. The van der Waals surface area contributed by atoms with E-state index in [2.05, 4.69) is 54.7 Å². The van der Waals surface area contributed by atoms with Crippen molar-refractivity contribution in [1.29, 1.82) is 0 Å². The van der Waals surface area contributed by atoms with Gasteiger partial charge in [0.1, 0.15) is 5.82 Å². The summed E-state index contributed by atoms with van der Waals surface area (Å²) in [7, 11) is 2.02. The van der Waals surface area contributed by atoms with E-state index >= 15 is 0 Å². The number of anilines is 1. The maximum Gasteiger partial charge on any atom is 0.130 e. The number of benzene rings is 1. The Balaban J connectivity index is 2.27. The molecular weight excluding hydrogens is 222 g/mol. The van der Waals surface area contributed by atoms with E-state index in [0.29, 0.717) is 0 Å². The third-order valence-corrected chi connectivity index (χ3v) is 3.28. The second-order valence-corrected chi connectivity index (χ2v) is 5.04. The lowest BCUT2D eigenvalue weighted by molar-refractivity contribution is 0.720. The molecule has 18 heavy (non-hydrogen) atoms. The summed E-state index contributed by atoms with van der Waals surface area (Å²) in [6.07, 6.45) is 3.81. The second kappa shape index (κ2) is 4.84. The smallest absolute Gasteiger partial charge is 0.130 e. The van der Waals surface area contributed by atoms with Crippen LogP contribution in [0.2, 0.25) is 0 Å². The summed E-state index contributed by atoms with van der Waals surface area (Å²) in [6, 6.07) is 4.62. The fraction of sp³-hybridized carbons (Fsp3) is 0.400. The van der Waals surface area contributed by atoms with Crippen LogP contribution in [-0.4, -0.2) is 9.55 Å². The molecule has 0 aliphatic carbocycles. The van der Waals surface area contributed by atoms with E-state index in [1.165, 1.54) is 22.4 Å². The van der Waals surface area contributed by atoms with E-state index in [1.807, 2.05) is 19.4 Å². The minimum Gasteiger partial charge on any atom is -0.375 e. The minimum atomic E-state index is 0.199. The van der Waals surface area contributed by atoms with Gasteiger partial charge in [0.2, 0.25) is 0 Å². The predicted molar refractivity (Wildman–Crippen MR) is 75.9 cm³/mol. The zero-order chi connectivity index (χ0) is 13.3. The predicted octanol–water partition coefficient (Wildman–Crippen LogP) is 3.52. The fourth-order valence-electron chi connectivity index (χ4n) is 2.48. The molecule has 1 aromatic heterocycles. The van der Waals surface area contributed by atoms with E-state index in [-0.39, 0.29) is 6.04 Å². The average Bonchev–Trinajstić information content (AvgIpc) is 2.69. The number of hydrogen-bond acceptors (Lipinski definition) is 2. The van der Waals surface area contributed by atoms with Gasteiger partial charge in [0.25, 0.3) is 0 Å². The van der Waals surface area contributed by atoms with Gasteiger partial charge in [-0.2, -0.15) is 0 Å². The fourth-order valence-corrected chi connectivity index (χ4v) is 2.48. The summed E-state index contributed by atoms with van der Waals surface area (Å²) in [5, 5.41) is 3.57. The Kier molecular flexibility index (Phi) is 3.41. The van der Waals surface area contributed by atoms with Crippen LogP contribution < -0.4 is 5.32 Å². The largest absolute Gasteiger partial charge is 0.375 e. The molecule has 1 aromatic carbocycles. The van der Waals surface area contributed by atoms with Gasteiger partial charge in [0.15, 0.2) is 0 Å². The first kappa shape index (κ1) is 12.7. The molecule has 0 fully saturated rings. The van der Waals surface area contributed by atoms with Crippen molar-refractivity contribution in [2.24, 2.45) is 7.05 Å². The average molecular weight is 243 g/mol. The van der Waals surface area contributed by atoms with E-state index in [4.69, 9.17) is 0 Å². The van der Waals surface area contributed by atoms with Crippen molar-refractivity contribution in [3.8, 4) is 0 Å². The first-order valence-electron chi connectivity index (χ1n) is 6.30. The molecule has 0 bridgehead atoms. The van der Waals surface area contributed by atoms with Gasteiger partial charge in [-0.3, -0.25) is 0 Å². The second-order valence-electron chi connectivity index (χ2n) is 5.04. The van der Waals surface area contributed by atoms with Gasteiger partial charge in [0, 0.05) is 25.1 Å². The number of aromatic nitrogens is 2. The van der Waals surface area contributed by atoms with Gasteiger partial charge in [-0.05, 0) is 38.8 Å². The summed E-state index contributed by atoms with van der Waals surface area (Å²) in [5.74, 6) is 1.05. The highest BCUT2D eigenvalue weighted by atomic mass is 15.1. The highest BCUT2D eigenvalue weighted by Gasteiger charge is 2.12. The van der Waals surface area contributed by atoms with Crippen molar-refractivity contribution in [3.05, 3.63) is 47.0 Å². The molecule has 0 radical (unpaired) electrons. The molecule has 0 saturated heterocycles. The van der Waals surface area contributed by atoms with Crippen LogP contribution in [0.3, 0.4) is 0 Å². The molecule has 0 aliphatic rings. The number of aryl methyl sites for hydroxylation is 4. The van der Waals surface area contributed by atoms with Crippen molar-refractivity contribution in [1.82, 2.24) is 9.55 Å². The Morgan fingerprint density at radius 3 is 2.28 bits per heavy atom. The van der Waals surface area contributed by atoms with Gasteiger partial charge in [-0.25, -0.2) is 4.98 Å². The zero-order valence-corrected chi connectivity index (χ0v) is 11.8. The molecule has 3 heteroatoms. The van der Waals surface area contributed by atoms with Crippen molar-refractivity contribution in [2.75, 3.05) is 5.32 Å². The molecule has 1 atom stereocenters. The van der Waals surface area contributed by atoms with Crippen molar-refractivity contribution >= 4 is 5.69 Å².